The van der Waals surface area contributed by atoms with E-state index < -0.39 is 30.1 Å². The van der Waals surface area contributed by atoms with E-state index in [2.05, 4.69) is 0 Å². The molecule has 0 fully saturated rings. The van der Waals surface area contributed by atoms with E-state index in [1.165, 1.54) is 6.92 Å². The second-order valence-corrected chi connectivity index (χ2v) is 7.17. The number of aliphatic hydroxyl groups excluding tert-OH is 1. The SMILES string of the molecule is CCOC(=O)C(CCc1ccccc1)OC(C)=O.CCOC(=O)C(O)CCc1ccccc1. The minimum absolute atomic E-state index is 0.280. The predicted molar refractivity (Wildman–Crippen MR) is 124 cm³/mol. The first-order valence-corrected chi connectivity index (χ1v) is 11.1. The Balaban J connectivity index is 0.000000335. The summed E-state index contributed by atoms with van der Waals surface area (Å²) in [6.45, 7) is 5.32. The third kappa shape index (κ3) is 12.4. The Kier molecular flexibility index (Phi) is 13.9. The molecule has 33 heavy (non-hydrogen) atoms. The molecule has 0 heterocycles. The largest absolute Gasteiger partial charge is 0.464 e. The van der Waals surface area contributed by atoms with Gasteiger partial charge in [0.15, 0.2) is 12.2 Å². The van der Waals surface area contributed by atoms with Gasteiger partial charge in [0.2, 0.25) is 0 Å². The van der Waals surface area contributed by atoms with Crippen molar-refractivity contribution < 1.29 is 33.7 Å². The van der Waals surface area contributed by atoms with Crippen LogP contribution in [0.25, 0.3) is 0 Å². The van der Waals surface area contributed by atoms with Gasteiger partial charge in [-0.15, -0.1) is 0 Å². The number of benzene rings is 2. The number of carbonyl (C=O) groups excluding carboxylic acids is 3. The summed E-state index contributed by atoms with van der Waals surface area (Å²) in [6, 6.07) is 19.5. The summed E-state index contributed by atoms with van der Waals surface area (Å²) in [5, 5.41) is 9.44. The van der Waals surface area contributed by atoms with Crippen LogP contribution < -0.4 is 0 Å². The quantitative estimate of drug-likeness (QED) is 0.405. The number of hydrogen-bond donors (Lipinski definition) is 1. The molecule has 0 radical (unpaired) electrons. The highest BCUT2D eigenvalue weighted by atomic mass is 16.6. The molecule has 0 saturated carbocycles. The van der Waals surface area contributed by atoms with Gasteiger partial charge in [0.25, 0.3) is 0 Å². The van der Waals surface area contributed by atoms with E-state index in [1.54, 1.807) is 13.8 Å². The highest BCUT2D eigenvalue weighted by molar-refractivity contribution is 5.78. The second-order valence-electron chi connectivity index (χ2n) is 7.17. The normalized spacial score (nSPS) is 11.9. The molecule has 0 aliphatic carbocycles. The number of hydrogen-bond acceptors (Lipinski definition) is 7. The molecule has 2 aromatic rings. The van der Waals surface area contributed by atoms with Crippen LogP contribution in [-0.2, 0) is 41.4 Å². The maximum absolute atomic E-state index is 11.6. The lowest BCUT2D eigenvalue weighted by Gasteiger charge is -2.15. The van der Waals surface area contributed by atoms with Gasteiger partial charge in [-0.2, -0.15) is 0 Å². The van der Waals surface area contributed by atoms with Crippen LogP contribution >= 0.6 is 0 Å². The van der Waals surface area contributed by atoms with Crippen molar-refractivity contribution in [2.45, 2.75) is 58.7 Å². The van der Waals surface area contributed by atoms with E-state index in [-0.39, 0.29) is 6.61 Å². The fourth-order valence-corrected chi connectivity index (χ4v) is 2.91. The Morgan fingerprint density at radius 1 is 0.758 bits per heavy atom. The molecule has 2 aromatic carbocycles. The lowest BCUT2D eigenvalue weighted by molar-refractivity contribution is -0.166. The summed E-state index contributed by atoms with van der Waals surface area (Å²) >= 11 is 0. The van der Waals surface area contributed by atoms with Crippen molar-refractivity contribution in [1.82, 2.24) is 0 Å². The maximum atomic E-state index is 11.6. The Bertz CT molecular complexity index is 821. The third-order valence-electron chi connectivity index (χ3n) is 4.50. The summed E-state index contributed by atoms with van der Waals surface area (Å²) in [5.74, 6) is -1.49. The fraction of sp³-hybridized carbons (Fsp3) is 0.423. The molecular weight excluding hydrogens is 424 g/mol. The van der Waals surface area contributed by atoms with Gasteiger partial charge in [-0.05, 0) is 50.7 Å². The number of esters is 3. The van der Waals surface area contributed by atoms with E-state index in [0.29, 0.717) is 32.3 Å². The molecule has 180 valence electrons. The maximum Gasteiger partial charge on any atom is 0.347 e. The van der Waals surface area contributed by atoms with E-state index >= 15 is 0 Å². The third-order valence-corrected chi connectivity index (χ3v) is 4.50. The number of rotatable bonds is 11. The van der Waals surface area contributed by atoms with Gasteiger partial charge in [-0.25, -0.2) is 9.59 Å². The molecule has 2 atom stereocenters. The van der Waals surface area contributed by atoms with Crippen LogP contribution in [0.15, 0.2) is 60.7 Å². The van der Waals surface area contributed by atoms with Gasteiger partial charge in [0, 0.05) is 6.92 Å². The van der Waals surface area contributed by atoms with Crippen molar-refractivity contribution >= 4 is 17.9 Å². The molecule has 0 aliphatic rings. The van der Waals surface area contributed by atoms with Crippen LogP contribution in [0.4, 0.5) is 0 Å². The Labute approximate surface area is 195 Å². The molecule has 7 heteroatoms. The van der Waals surface area contributed by atoms with Crippen molar-refractivity contribution in [2.24, 2.45) is 0 Å². The summed E-state index contributed by atoms with van der Waals surface area (Å²) in [5.41, 5.74) is 2.21. The molecule has 0 aromatic heterocycles. The first-order chi connectivity index (χ1) is 15.9. The van der Waals surface area contributed by atoms with Crippen molar-refractivity contribution in [3.63, 3.8) is 0 Å². The smallest absolute Gasteiger partial charge is 0.347 e. The molecule has 2 rings (SSSR count). The van der Waals surface area contributed by atoms with Crippen LogP contribution in [0.5, 0.6) is 0 Å². The predicted octanol–water partition coefficient (Wildman–Crippen LogP) is 3.66. The molecule has 7 nitrogen and oxygen atoms in total. The monoisotopic (exact) mass is 458 g/mol. The van der Waals surface area contributed by atoms with Crippen molar-refractivity contribution in [3.8, 4) is 0 Å². The van der Waals surface area contributed by atoms with Gasteiger partial charge in [0.1, 0.15) is 0 Å². The van der Waals surface area contributed by atoms with E-state index in [1.807, 2.05) is 60.7 Å². The van der Waals surface area contributed by atoms with Crippen molar-refractivity contribution in [1.29, 1.82) is 0 Å². The van der Waals surface area contributed by atoms with Gasteiger partial charge >= 0.3 is 17.9 Å². The minimum Gasteiger partial charge on any atom is -0.464 e. The van der Waals surface area contributed by atoms with Crippen LogP contribution in [-0.4, -0.2) is 48.4 Å². The van der Waals surface area contributed by atoms with E-state index in [4.69, 9.17) is 14.2 Å². The number of aryl methyl sites for hydroxylation is 2. The molecule has 0 amide bonds. The summed E-state index contributed by atoms with van der Waals surface area (Å²) in [7, 11) is 0. The van der Waals surface area contributed by atoms with Crippen LogP contribution in [0.1, 0.15) is 44.7 Å². The summed E-state index contributed by atoms with van der Waals surface area (Å²) in [4.78, 5) is 33.6. The fourth-order valence-electron chi connectivity index (χ4n) is 2.91. The Morgan fingerprint density at radius 2 is 1.21 bits per heavy atom. The van der Waals surface area contributed by atoms with Crippen LogP contribution in [0.2, 0.25) is 0 Å². The van der Waals surface area contributed by atoms with Gasteiger partial charge in [-0.3, -0.25) is 4.79 Å². The minimum atomic E-state index is -1.01. The molecule has 0 aliphatic heterocycles. The first-order valence-electron chi connectivity index (χ1n) is 11.1. The number of carbonyl (C=O) groups is 3. The second kappa shape index (κ2) is 16.4. The summed E-state index contributed by atoms with van der Waals surface area (Å²) < 4.78 is 14.6. The van der Waals surface area contributed by atoms with Crippen molar-refractivity contribution in [2.75, 3.05) is 13.2 Å². The van der Waals surface area contributed by atoms with Crippen LogP contribution in [0, 0.1) is 0 Å². The lowest BCUT2D eigenvalue weighted by atomic mass is 10.1. The van der Waals surface area contributed by atoms with E-state index in [9.17, 15) is 19.5 Å². The average molecular weight is 459 g/mol. The molecule has 0 saturated heterocycles. The standard InChI is InChI=1S/C14H18O4.C12H16O3/c1-3-17-14(16)13(18-11(2)15)10-9-12-7-5-4-6-8-12;1-2-15-12(14)11(13)9-8-10-6-4-3-5-7-10/h4-8,13H,3,9-10H2,1-2H3;3-7,11,13H,2,8-9H2,1H3. The molecule has 0 bridgehead atoms. The highest BCUT2D eigenvalue weighted by Gasteiger charge is 2.22. The zero-order valence-electron chi connectivity index (χ0n) is 19.6. The van der Waals surface area contributed by atoms with Gasteiger partial charge in [0.05, 0.1) is 13.2 Å². The average Bonchev–Trinajstić information content (AvgIpc) is 2.82. The molecular formula is C26H34O7. The highest BCUT2D eigenvalue weighted by Crippen LogP contribution is 2.09. The summed E-state index contributed by atoms with van der Waals surface area (Å²) in [6.07, 6.45) is 0.358. The zero-order valence-corrected chi connectivity index (χ0v) is 19.6. The number of aliphatic hydroxyl groups is 1. The lowest BCUT2D eigenvalue weighted by Crippen LogP contribution is -2.29. The topological polar surface area (TPSA) is 99.1 Å². The molecule has 0 spiro atoms. The molecule has 1 N–H and O–H groups in total. The zero-order chi connectivity index (χ0) is 24.5. The Morgan fingerprint density at radius 3 is 1.67 bits per heavy atom. The first kappa shape index (κ1) is 27.8. The number of ether oxygens (including phenoxy) is 3. The Hall–Kier alpha value is -3.19. The van der Waals surface area contributed by atoms with Crippen molar-refractivity contribution in [3.05, 3.63) is 71.8 Å². The van der Waals surface area contributed by atoms with Crippen LogP contribution in [0.3, 0.4) is 0 Å². The van der Waals surface area contributed by atoms with E-state index in [0.717, 1.165) is 11.1 Å². The van der Waals surface area contributed by atoms with Gasteiger partial charge < -0.3 is 19.3 Å². The van der Waals surface area contributed by atoms with Gasteiger partial charge in [-0.1, -0.05) is 60.7 Å². The molecule has 2 unspecified atom stereocenters.